The fraction of sp³-hybridized carbons (Fsp3) is 0.588. The van der Waals surface area contributed by atoms with Crippen LogP contribution in [-0.2, 0) is 19.6 Å². The van der Waals surface area contributed by atoms with E-state index in [1.165, 1.54) is 19.2 Å². The second-order valence-corrected chi connectivity index (χ2v) is 7.95. The molecule has 1 fully saturated rings. The zero-order chi connectivity index (χ0) is 18.3. The van der Waals surface area contributed by atoms with Gasteiger partial charge < -0.3 is 15.4 Å². The second kappa shape index (κ2) is 10.2. The summed E-state index contributed by atoms with van der Waals surface area (Å²) in [6, 6.07) is 6.27. The van der Waals surface area contributed by atoms with Gasteiger partial charge in [0.1, 0.15) is 5.60 Å². The lowest BCUT2D eigenvalue weighted by Gasteiger charge is -2.34. The van der Waals surface area contributed by atoms with Crippen molar-refractivity contribution in [3.05, 3.63) is 24.3 Å². The smallest absolute Gasteiger partial charge is 0.256 e. The molecule has 1 aromatic rings. The van der Waals surface area contributed by atoms with Crippen molar-refractivity contribution in [2.75, 3.05) is 32.1 Å². The number of methoxy groups -OCH3 is 1. The van der Waals surface area contributed by atoms with Gasteiger partial charge in [-0.25, -0.2) is 13.1 Å². The Balaban J connectivity index is 0.00000338. The van der Waals surface area contributed by atoms with Crippen LogP contribution in [0.4, 0.5) is 5.69 Å². The molecule has 3 N–H and O–H groups in total. The Morgan fingerprint density at radius 1 is 1.31 bits per heavy atom. The maximum atomic E-state index is 12.7. The highest BCUT2D eigenvalue weighted by Gasteiger charge is 2.39. The number of amides is 1. The molecule has 0 bridgehead atoms. The Morgan fingerprint density at radius 2 is 2.00 bits per heavy atom. The van der Waals surface area contributed by atoms with Crippen molar-refractivity contribution in [1.29, 1.82) is 0 Å². The van der Waals surface area contributed by atoms with Crippen molar-refractivity contribution in [3.8, 4) is 0 Å². The molecule has 0 unspecified atom stereocenters. The molecular weight excluding hydrogens is 378 g/mol. The average molecular weight is 406 g/mol. The molecule has 0 aliphatic carbocycles. The molecule has 148 valence electrons. The van der Waals surface area contributed by atoms with Crippen LogP contribution in [0.3, 0.4) is 0 Å². The van der Waals surface area contributed by atoms with Gasteiger partial charge in [-0.15, -0.1) is 12.4 Å². The Bertz CT molecular complexity index is 691. The van der Waals surface area contributed by atoms with Crippen LogP contribution in [0.25, 0.3) is 0 Å². The Morgan fingerprint density at radius 3 is 2.62 bits per heavy atom. The van der Waals surface area contributed by atoms with E-state index in [1.54, 1.807) is 12.1 Å². The number of hydrogen-bond donors (Lipinski definition) is 3. The predicted molar refractivity (Wildman–Crippen MR) is 104 cm³/mol. The molecule has 0 saturated carbocycles. The van der Waals surface area contributed by atoms with Crippen molar-refractivity contribution in [2.45, 2.75) is 43.1 Å². The summed E-state index contributed by atoms with van der Waals surface area (Å²) >= 11 is 0. The van der Waals surface area contributed by atoms with Gasteiger partial charge in [0.05, 0.1) is 4.90 Å². The minimum Gasteiger partial charge on any atom is -0.368 e. The van der Waals surface area contributed by atoms with E-state index in [-0.39, 0.29) is 23.2 Å². The van der Waals surface area contributed by atoms with Crippen molar-refractivity contribution < 1.29 is 17.9 Å². The van der Waals surface area contributed by atoms with Crippen LogP contribution >= 0.6 is 12.4 Å². The van der Waals surface area contributed by atoms with Gasteiger partial charge in [-0.05, 0) is 50.6 Å². The minimum absolute atomic E-state index is 0. The summed E-state index contributed by atoms with van der Waals surface area (Å²) in [4.78, 5) is 12.8. The van der Waals surface area contributed by atoms with E-state index >= 15 is 0 Å². The highest BCUT2D eigenvalue weighted by atomic mass is 35.5. The molecule has 0 aromatic heterocycles. The quantitative estimate of drug-likeness (QED) is 0.574. The van der Waals surface area contributed by atoms with E-state index in [2.05, 4.69) is 15.4 Å². The monoisotopic (exact) mass is 405 g/mol. The van der Waals surface area contributed by atoms with E-state index < -0.39 is 15.6 Å². The van der Waals surface area contributed by atoms with Crippen LogP contribution in [0.1, 0.15) is 32.6 Å². The summed E-state index contributed by atoms with van der Waals surface area (Å²) in [5, 5.41) is 6.00. The summed E-state index contributed by atoms with van der Waals surface area (Å²) in [7, 11) is -2.05. The average Bonchev–Trinajstić information content (AvgIpc) is 2.62. The molecule has 0 radical (unpaired) electrons. The molecule has 1 aliphatic heterocycles. The summed E-state index contributed by atoms with van der Waals surface area (Å²) in [5.74, 6) is -0.245. The third-order valence-corrected chi connectivity index (χ3v) is 5.90. The summed E-state index contributed by atoms with van der Waals surface area (Å²) in [6.45, 7) is 3.81. The first-order valence-corrected chi connectivity index (χ1v) is 10.1. The van der Waals surface area contributed by atoms with Crippen LogP contribution in [0.2, 0.25) is 0 Å². The summed E-state index contributed by atoms with van der Waals surface area (Å²) in [6.07, 6.45) is 2.84. The van der Waals surface area contributed by atoms with Crippen molar-refractivity contribution >= 4 is 34.0 Å². The standard InChI is InChI=1S/C17H27N3O4S.ClH/c1-3-4-10-19-25(22,23)15-7-5-6-14(13-15)20-16(21)17(24-2)8-11-18-12-9-17;/h5-7,13,18-19H,3-4,8-12H2,1-2H3,(H,20,21);1H. The number of hydrogen-bond acceptors (Lipinski definition) is 5. The van der Waals surface area contributed by atoms with Gasteiger partial charge in [0.15, 0.2) is 0 Å². The largest absolute Gasteiger partial charge is 0.368 e. The topological polar surface area (TPSA) is 96.5 Å². The number of halogens is 1. The van der Waals surface area contributed by atoms with Crippen LogP contribution < -0.4 is 15.4 Å². The highest BCUT2D eigenvalue weighted by Crippen LogP contribution is 2.25. The van der Waals surface area contributed by atoms with Gasteiger partial charge in [-0.2, -0.15) is 0 Å². The first kappa shape index (κ1) is 22.9. The molecule has 1 heterocycles. The molecule has 1 aliphatic rings. The third-order valence-electron chi connectivity index (χ3n) is 4.44. The van der Waals surface area contributed by atoms with E-state index in [0.717, 1.165) is 12.8 Å². The van der Waals surface area contributed by atoms with Crippen LogP contribution in [0.5, 0.6) is 0 Å². The lowest BCUT2D eigenvalue weighted by Crippen LogP contribution is -2.51. The Labute approximate surface area is 161 Å². The minimum atomic E-state index is -3.58. The summed E-state index contributed by atoms with van der Waals surface area (Å²) in [5.41, 5.74) is -0.433. The number of unbranched alkanes of at least 4 members (excludes halogenated alkanes) is 1. The normalized spacial score (nSPS) is 16.5. The molecule has 9 heteroatoms. The first-order valence-electron chi connectivity index (χ1n) is 8.60. The van der Waals surface area contributed by atoms with Crippen molar-refractivity contribution in [3.63, 3.8) is 0 Å². The predicted octanol–water partition coefficient (Wildman–Crippen LogP) is 1.89. The first-order chi connectivity index (χ1) is 11.9. The number of nitrogens with one attached hydrogen (secondary N) is 3. The maximum Gasteiger partial charge on any atom is 0.256 e. The van der Waals surface area contributed by atoms with Crippen molar-refractivity contribution in [2.24, 2.45) is 0 Å². The Kier molecular flexibility index (Phi) is 8.99. The zero-order valence-electron chi connectivity index (χ0n) is 15.2. The molecule has 26 heavy (non-hydrogen) atoms. The Hall–Kier alpha value is -1.19. The molecule has 1 amide bonds. The lowest BCUT2D eigenvalue weighted by molar-refractivity contribution is -0.140. The van der Waals surface area contributed by atoms with Crippen LogP contribution in [0.15, 0.2) is 29.2 Å². The fourth-order valence-corrected chi connectivity index (χ4v) is 3.93. The molecular formula is C17H28ClN3O4S. The molecule has 7 nitrogen and oxygen atoms in total. The number of carbonyl (C=O) groups excluding carboxylic acids is 1. The van der Waals surface area contributed by atoms with Gasteiger partial charge >= 0.3 is 0 Å². The molecule has 0 spiro atoms. The van der Waals surface area contributed by atoms with Gasteiger partial charge in [0, 0.05) is 19.3 Å². The SMILES string of the molecule is CCCCNS(=O)(=O)c1cccc(NC(=O)C2(OC)CCNCC2)c1.Cl. The molecule has 2 rings (SSSR count). The fourth-order valence-electron chi connectivity index (χ4n) is 2.81. The number of sulfonamides is 1. The number of anilines is 1. The van der Waals surface area contributed by atoms with Crippen LogP contribution in [-0.4, -0.2) is 46.7 Å². The van der Waals surface area contributed by atoms with Gasteiger partial charge in [-0.3, -0.25) is 4.79 Å². The number of ether oxygens (including phenoxy) is 1. The number of rotatable bonds is 8. The zero-order valence-corrected chi connectivity index (χ0v) is 16.8. The van der Waals surface area contributed by atoms with E-state index in [4.69, 9.17) is 4.74 Å². The highest BCUT2D eigenvalue weighted by molar-refractivity contribution is 7.89. The summed E-state index contributed by atoms with van der Waals surface area (Å²) < 4.78 is 32.7. The molecule has 1 aromatic carbocycles. The van der Waals surface area contributed by atoms with E-state index in [1.807, 2.05) is 6.92 Å². The van der Waals surface area contributed by atoms with E-state index in [9.17, 15) is 13.2 Å². The number of benzene rings is 1. The van der Waals surface area contributed by atoms with Gasteiger partial charge in [-0.1, -0.05) is 19.4 Å². The molecule has 0 atom stereocenters. The van der Waals surface area contributed by atoms with Gasteiger partial charge in [0.2, 0.25) is 10.0 Å². The van der Waals surface area contributed by atoms with Crippen molar-refractivity contribution in [1.82, 2.24) is 10.0 Å². The van der Waals surface area contributed by atoms with E-state index in [0.29, 0.717) is 38.2 Å². The number of piperidine rings is 1. The molecule has 1 saturated heterocycles. The lowest BCUT2D eigenvalue weighted by atomic mass is 9.91. The second-order valence-electron chi connectivity index (χ2n) is 6.18. The van der Waals surface area contributed by atoms with Gasteiger partial charge in [0.25, 0.3) is 5.91 Å². The maximum absolute atomic E-state index is 12.7. The third kappa shape index (κ3) is 5.65. The van der Waals surface area contributed by atoms with Crippen LogP contribution in [0, 0.1) is 0 Å². The number of carbonyl (C=O) groups is 1.